The Labute approximate surface area is 191 Å². The highest BCUT2D eigenvalue weighted by Gasteiger charge is 2.22. The van der Waals surface area contributed by atoms with Crippen molar-refractivity contribution in [3.8, 4) is 5.75 Å². The first-order valence-corrected chi connectivity index (χ1v) is 10.6. The summed E-state index contributed by atoms with van der Waals surface area (Å²) in [6.45, 7) is 2.83. The fourth-order valence-corrected chi connectivity index (χ4v) is 3.74. The van der Waals surface area contributed by atoms with Crippen LogP contribution in [0.25, 0.3) is 5.57 Å². The first kappa shape index (κ1) is 22.3. The quantitative estimate of drug-likeness (QED) is 0.556. The zero-order valence-corrected chi connectivity index (χ0v) is 18.3. The van der Waals surface area contributed by atoms with Gasteiger partial charge in [0.1, 0.15) is 12.0 Å². The SMILES string of the molecule is COc1ccc(C(=CC(=O)N2CCN(Cc3nc(C(=O)O)co3)CC2)c2ccccc2)cc1. The number of oxazole rings is 1. The molecule has 8 heteroatoms. The van der Waals surface area contributed by atoms with E-state index >= 15 is 0 Å². The standard InChI is InChI=1S/C25H25N3O5/c1-32-20-9-7-19(8-10-20)21(18-5-3-2-4-6-18)15-24(29)28-13-11-27(12-14-28)16-23-26-22(17-33-23)25(30)31/h2-10,15,17H,11-14,16H2,1H3,(H,30,31). The highest BCUT2D eigenvalue weighted by Crippen LogP contribution is 2.26. The topological polar surface area (TPSA) is 96.1 Å². The van der Waals surface area contributed by atoms with Crippen molar-refractivity contribution in [2.75, 3.05) is 33.3 Å². The van der Waals surface area contributed by atoms with E-state index in [2.05, 4.69) is 9.88 Å². The molecule has 1 aliphatic rings. The molecule has 1 amide bonds. The summed E-state index contributed by atoms with van der Waals surface area (Å²) in [5, 5.41) is 8.97. The molecule has 0 saturated carbocycles. The Morgan fingerprint density at radius 1 is 1.03 bits per heavy atom. The Bertz CT molecular complexity index is 1130. The third kappa shape index (κ3) is 5.48. The number of amides is 1. The van der Waals surface area contributed by atoms with Crippen molar-refractivity contribution in [2.45, 2.75) is 6.54 Å². The van der Waals surface area contributed by atoms with E-state index in [4.69, 9.17) is 14.3 Å². The van der Waals surface area contributed by atoms with Gasteiger partial charge >= 0.3 is 5.97 Å². The van der Waals surface area contributed by atoms with Crippen LogP contribution in [0.4, 0.5) is 0 Å². The second kappa shape index (κ2) is 10.1. The van der Waals surface area contributed by atoms with E-state index in [1.165, 1.54) is 0 Å². The molecule has 3 aromatic rings. The van der Waals surface area contributed by atoms with E-state index in [1.807, 2.05) is 59.5 Å². The smallest absolute Gasteiger partial charge is 0.357 e. The van der Waals surface area contributed by atoms with Gasteiger partial charge in [0.25, 0.3) is 0 Å². The van der Waals surface area contributed by atoms with Crippen molar-refractivity contribution in [2.24, 2.45) is 0 Å². The number of aromatic nitrogens is 1. The van der Waals surface area contributed by atoms with Gasteiger partial charge in [-0.3, -0.25) is 9.69 Å². The zero-order valence-electron chi connectivity index (χ0n) is 18.3. The normalized spacial score (nSPS) is 14.8. The second-order valence-electron chi connectivity index (χ2n) is 7.69. The molecule has 2 aromatic carbocycles. The Balaban J connectivity index is 1.45. The minimum absolute atomic E-state index is 0.0476. The molecule has 0 spiro atoms. The molecule has 1 N–H and O–H groups in total. The molecular formula is C25H25N3O5. The lowest BCUT2D eigenvalue weighted by molar-refractivity contribution is -0.127. The number of carboxylic acids is 1. The van der Waals surface area contributed by atoms with Gasteiger partial charge in [-0.2, -0.15) is 0 Å². The number of benzene rings is 2. The molecule has 0 atom stereocenters. The summed E-state index contributed by atoms with van der Waals surface area (Å²) in [6.07, 6.45) is 2.84. The molecule has 1 aliphatic heterocycles. The number of carbonyl (C=O) groups excluding carboxylic acids is 1. The molecule has 0 unspecified atom stereocenters. The molecule has 8 nitrogen and oxygen atoms in total. The lowest BCUT2D eigenvalue weighted by atomic mass is 9.97. The van der Waals surface area contributed by atoms with Crippen LogP contribution in [0.3, 0.4) is 0 Å². The fraction of sp³-hybridized carbons (Fsp3) is 0.240. The maximum Gasteiger partial charge on any atom is 0.357 e. The Morgan fingerprint density at radius 2 is 1.70 bits per heavy atom. The highest BCUT2D eigenvalue weighted by molar-refractivity contribution is 5.99. The largest absolute Gasteiger partial charge is 0.497 e. The number of piperazine rings is 1. The van der Waals surface area contributed by atoms with Gasteiger partial charge in [-0.25, -0.2) is 9.78 Å². The average molecular weight is 447 g/mol. The molecule has 1 fully saturated rings. The van der Waals surface area contributed by atoms with Crippen LogP contribution in [-0.4, -0.2) is 65.1 Å². The molecule has 0 radical (unpaired) electrons. The molecule has 1 saturated heterocycles. The molecule has 1 aromatic heterocycles. The Morgan fingerprint density at radius 3 is 2.30 bits per heavy atom. The van der Waals surface area contributed by atoms with Crippen molar-refractivity contribution < 1.29 is 23.8 Å². The number of carbonyl (C=O) groups is 2. The third-order valence-electron chi connectivity index (χ3n) is 5.57. The number of carboxylic acid groups (broad SMARTS) is 1. The number of hydrogen-bond acceptors (Lipinski definition) is 6. The van der Waals surface area contributed by atoms with Crippen LogP contribution in [0.1, 0.15) is 27.5 Å². The summed E-state index contributed by atoms with van der Waals surface area (Å²) >= 11 is 0. The van der Waals surface area contributed by atoms with E-state index < -0.39 is 5.97 Å². The van der Waals surface area contributed by atoms with Crippen LogP contribution >= 0.6 is 0 Å². The Kier molecular flexibility index (Phi) is 6.85. The summed E-state index contributed by atoms with van der Waals surface area (Å²) in [6, 6.07) is 17.5. The van der Waals surface area contributed by atoms with Crippen LogP contribution in [0.5, 0.6) is 5.75 Å². The van der Waals surface area contributed by atoms with Crippen molar-refractivity contribution in [3.05, 3.63) is 89.6 Å². The van der Waals surface area contributed by atoms with Gasteiger partial charge in [0.15, 0.2) is 5.69 Å². The van der Waals surface area contributed by atoms with Crippen molar-refractivity contribution in [1.29, 1.82) is 0 Å². The van der Waals surface area contributed by atoms with Gasteiger partial charge < -0.3 is 19.2 Å². The summed E-state index contributed by atoms with van der Waals surface area (Å²) in [5.74, 6) is -0.0417. The van der Waals surface area contributed by atoms with Gasteiger partial charge in [-0.05, 0) is 28.8 Å². The maximum absolute atomic E-state index is 13.1. The van der Waals surface area contributed by atoms with Gasteiger partial charge in [0.2, 0.25) is 11.8 Å². The number of rotatable bonds is 7. The number of nitrogens with zero attached hydrogens (tertiary/aromatic N) is 3. The van der Waals surface area contributed by atoms with E-state index in [-0.39, 0.29) is 11.6 Å². The summed E-state index contributed by atoms with van der Waals surface area (Å²) in [4.78, 5) is 32.0. The van der Waals surface area contributed by atoms with Gasteiger partial charge in [-0.1, -0.05) is 42.5 Å². The molecule has 2 heterocycles. The van der Waals surface area contributed by atoms with Gasteiger partial charge in [-0.15, -0.1) is 0 Å². The lowest BCUT2D eigenvalue weighted by Crippen LogP contribution is -2.47. The van der Waals surface area contributed by atoms with E-state index in [1.54, 1.807) is 13.2 Å². The van der Waals surface area contributed by atoms with Gasteiger partial charge in [0.05, 0.1) is 13.7 Å². The lowest BCUT2D eigenvalue weighted by Gasteiger charge is -2.33. The molecule has 4 rings (SSSR count). The second-order valence-corrected chi connectivity index (χ2v) is 7.69. The summed E-state index contributed by atoms with van der Waals surface area (Å²) in [7, 11) is 1.62. The molecule has 0 aliphatic carbocycles. The van der Waals surface area contributed by atoms with Crippen LogP contribution in [0.2, 0.25) is 0 Å². The van der Waals surface area contributed by atoms with Crippen LogP contribution < -0.4 is 4.74 Å². The average Bonchev–Trinajstić information content (AvgIpc) is 3.32. The van der Waals surface area contributed by atoms with E-state index in [9.17, 15) is 9.59 Å². The van der Waals surface area contributed by atoms with Gasteiger partial charge in [0, 0.05) is 32.3 Å². The first-order chi connectivity index (χ1) is 16.0. The van der Waals surface area contributed by atoms with Crippen LogP contribution in [-0.2, 0) is 11.3 Å². The zero-order chi connectivity index (χ0) is 23.2. The minimum Gasteiger partial charge on any atom is -0.497 e. The third-order valence-corrected chi connectivity index (χ3v) is 5.57. The molecule has 33 heavy (non-hydrogen) atoms. The van der Waals surface area contributed by atoms with Crippen molar-refractivity contribution in [3.63, 3.8) is 0 Å². The fourth-order valence-electron chi connectivity index (χ4n) is 3.74. The Hall–Kier alpha value is -3.91. The van der Waals surface area contributed by atoms with E-state index in [0.717, 1.165) is 28.7 Å². The number of ether oxygens (including phenoxy) is 1. The predicted molar refractivity (Wildman–Crippen MR) is 122 cm³/mol. The number of aromatic carboxylic acids is 1. The number of hydrogen-bond donors (Lipinski definition) is 1. The highest BCUT2D eigenvalue weighted by atomic mass is 16.5. The summed E-state index contributed by atoms with van der Waals surface area (Å²) < 4.78 is 10.5. The van der Waals surface area contributed by atoms with Crippen molar-refractivity contribution in [1.82, 2.24) is 14.8 Å². The van der Waals surface area contributed by atoms with Crippen LogP contribution in [0.15, 0.2) is 71.4 Å². The molecule has 170 valence electrons. The monoisotopic (exact) mass is 447 g/mol. The summed E-state index contributed by atoms with van der Waals surface area (Å²) in [5.41, 5.74) is 2.66. The minimum atomic E-state index is -1.11. The molecular weight excluding hydrogens is 422 g/mol. The van der Waals surface area contributed by atoms with Crippen LogP contribution in [0, 0.1) is 0 Å². The predicted octanol–water partition coefficient (Wildman–Crippen LogP) is 3.16. The first-order valence-electron chi connectivity index (χ1n) is 10.6. The van der Waals surface area contributed by atoms with E-state index in [0.29, 0.717) is 38.6 Å². The maximum atomic E-state index is 13.1. The van der Waals surface area contributed by atoms with Crippen molar-refractivity contribution >= 4 is 17.4 Å². The molecule has 0 bridgehead atoms. The number of methoxy groups -OCH3 is 1.